The quantitative estimate of drug-likeness (QED) is 0.107. The molecule has 0 spiro atoms. The number of aryl methyl sites for hydroxylation is 6. The summed E-state index contributed by atoms with van der Waals surface area (Å²) in [4.78, 5) is 0. The van der Waals surface area contributed by atoms with E-state index in [1.807, 2.05) is 24.3 Å². The second kappa shape index (κ2) is 26.3. The van der Waals surface area contributed by atoms with Crippen molar-refractivity contribution in [1.29, 1.82) is 0 Å². The van der Waals surface area contributed by atoms with Crippen LogP contribution in [0.1, 0.15) is 61.1 Å². The van der Waals surface area contributed by atoms with Gasteiger partial charge in [-0.15, -0.1) is 0 Å². The minimum absolute atomic E-state index is 0.300. The molecule has 0 radical (unpaired) electrons. The largest absolute Gasteiger partial charge is 0.207 e. The van der Waals surface area contributed by atoms with Gasteiger partial charge in [0.2, 0.25) is 0 Å². The van der Waals surface area contributed by atoms with Crippen LogP contribution >= 0.6 is 0 Å². The van der Waals surface area contributed by atoms with Crippen molar-refractivity contribution in [3.05, 3.63) is 393 Å². The topological polar surface area (TPSA) is 0 Å². The molecule has 0 aliphatic heterocycles. The highest BCUT2D eigenvalue weighted by molar-refractivity contribution is 6.50. The standard InChI is InChI=1S/C124H80F2/c1-7-67-27-39-73(40-28-67)101-95-63-97-98(64-96(95)102(74-41-29-68(8-2)30-42-74)114-88-56-60-92-111-91(59-55-87(109(88)111)113(101)114)121-105(77-35-23-65(5)24-36-77)117-83-19-11-15-71-16-12-20-84(99(71)83)118(117)106(122(92)121)78-37-25-66(6)26-38-78)104(76-49-53-82(126)54-50-76)116-90-58-62-94-112-93(61-57-89(110(90)112)115(116)103(97)75-47-51-81(125)52-48-75)123-107(79-43-31-69(9-3)32-44-79)119-85-21-13-17-72-18-14-22-86(100(72)85)120(119)108(124(94)123)80-45-33-70(10-4)34-46-80/h11-64H,7-10H2,1-6H3. The zero-order chi connectivity index (χ0) is 83.7. The van der Waals surface area contributed by atoms with E-state index in [1.165, 1.54) is 228 Å². The molecule has 0 unspecified atom stereocenters. The summed E-state index contributed by atoms with van der Waals surface area (Å²) >= 11 is 0. The summed E-state index contributed by atoms with van der Waals surface area (Å²) in [5, 5.41) is 39.3. The van der Waals surface area contributed by atoms with E-state index in [1.54, 1.807) is 24.3 Å². The average Bonchev–Trinajstić information content (AvgIpc) is 1.50. The first kappa shape index (κ1) is 71.6. The van der Waals surface area contributed by atoms with Gasteiger partial charge >= 0.3 is 0 Å². The van der Waals surface area contributed by atoms with Crippen LogP contribution in [0.25, 0.3) is 262 Å². The summed E-state index contributed by atoms with van der Waals surface area (Å²) in [5.74, 6) is -0.599. The van der Waals surface area contributed by atoms with Gasteiger partial charge in [-0.3, -0.25) is 0 Å². The minimum atomic E-state index is -0.300. The highest BCUT2D eigenvalue weighted by atomic mass is 19.1. The number of halogens is 2. The van der Waals surface area contributed by atoms with E-state index < -0.39 is 0 Å². The third kappa shape index (κ3) is 9.55. The Labute approximate surface area is 726 Å². The van der Waals surface area contributed by atoms with Crippen molar-refractivity contribution in [3.8, 4) is 111 Å². The van der Waals surface area contributed by atoms with Crippen molar-refractivity contribution in [3.63, 3.8) is 0 Å². The zero-order valence-electron chi connectivity index (χ0n) is 70.8. The molecule has 2 aliphatic rings. The molecule has 0 N–H and O–H groups in total. The van der Waals surface area contributed by atoms with Crippen LogP contribution < -0.4 is 0 Å². The molecule has 0 heterocycles. The Morgan fingerprint density at radius 3 is 0.730 bits per heavy atom. The van der Waals surface area contributed by atoms with E-state index in [0.29, 0.717) is 0 Å². The second-order valence-electron chi connectivity index (χ2n) is 36.0. The lowest BCUT2D eigenvalue weighted by Crippen LogP contribution is -1.97. The molecule has 25 aromatic carbocycles. The summed E-state index contributed by atoms with van der Waals surface area (Å²) in [6.45, 7) is 13.4. The maximum absolute atomic E-state index is 16.3. The molecule has 2 heteroatoms. The third-order valence-electron chi connectivity index (χ3n) is 29.6. The molecule has 590 valence electrons. The number of hydrogen-bond acceptors (Lipinski definition) is 0. The molecular weight excluding hydrogens is 1530 g/mol. The summed E-state index contributed by atoms with van der Waals surface area (Å²) in [5.41, 5.74) is 30.2. The first-order valence-corrected chi connectivity index (χ1v) is 45.0. The number of fused-ring (bicyclic) bond motifs is 18. The molecule has 0 nitrogen and oxygen atoms in total. The van der Waals surface area contributed by atoms with Gasteiger partial charge in [-0.25, -0.2) is 8.78 Å². The van der Waals surface area contributed by atoms with Crippen LogP contribution in [-0.2, 0) is 25.7 Å². The van der Waals surface area contributed by atoms with Crippen LogP contribution in [0.5, 0.6) is 0 Å². The normalized spacial score (nSPS) is 12.6. The average molecular weight is 1610 g/mol. The number of benzene rings is 21. The number of rotatable bonds is 12. The third-order valence-corrected chi connectivity index (χ3v) is 29.6. The van der Waals surface area contributed by atoms with Gasteiger partial charge in [0.1, 0.15) is 11.6 Å². The molecule has 27 rings (SSSR count). The Hall–Kier alpha value is -15.0. The van der Waals surface area contributed by atoms with Gasteiger partial charge in [0.25, 0.3) is 0 Å². The van der Waals surface area contributed by atoms with E-state index in [9.17, 15) is 0 Å². The molecule has 0 atom stereocenters. The highest BCUT2D eigenvalue weighted by Crippen LogP contribution is 2.65. The maximum atomic E-state index is 16.3. The van der Waals surface area contributed by atoms with Crippen molar-refractivity contribution < 1.29 is 8.78 Å². The fourth-order valence-electron chi connectivity index (χ4n) is 24.0. The monoisotopic (exact) mass is 1610 g/mol. The second-order valence-corrected chi connectivity index (χ2v) is 36.0. The van der Waals surface area contributed by atoms with Gasteiger partial charge in [0.05, 0.1) is 0 Å². The molecule has 126 heavy (non-hydrogen) atoms. The van der Waals surface area contributed by atoms with Gasteiger partial charge in [-0.1, -0.05) is 330 Å². The molecule has 2 aliphatic carbocycles. The predicted molar refractivity (Wildman–Crippen MR) is 533 cm³/mol. The van der Waals surface area contributed by atoms with Gasteiger partial charge in [-0.2, -0.15) is 0 Å². The lowest BCUT2D eigenvalue weighted by atomic mass is 9.79. The summed E-state index contributed by atoms with van der Waals surface area (Å²) in [6.07, 6.45) is 3.66. The van der Waals surface area contributed by atoms with E-state index in [0.717, 1.165) is 114 Å². The lowest BCUT2D eigenvalue weighted by molar-refractivity contribution is 0.627. The fourth-order valence-corrected chi connectivity index (χ4v) is 24.0. The van der Waals surface area contributed by atoms with Gasteiger partial charge in [-0.05, 0) is 381 Å². The number of hydrogen-bond donors (Lipinski definition) is 0. The molecule has 0 saturated heterocycles. The first-order valence-electron chi connectivity index (χ1n) is 45.0. The SMILES string of the molecule is CCc1ccc(-c2c3c(c(-c4ccc(CC)cc4)c4cc5c(-c6ccc(F)cc6)c6c(c(-c7ccc(F)cc7)c5cc24)-c2ccc4c5c(-c7ccc(CC)cc7)c7c8cccc9cccc(c7c(-c7ccc(CC)cc7)c5c5ccc-6c2c45)c98)=c2ccc4c5c(-c6ccc(C)cc6)c6c7cccc8cccc(c6c(-c6ccc(C)cc6)c5c5ccc=3c2c54)c87)cc1. The van der Waals surface area contributed by atoms with Crippen LogP contribution in [-0.4, -0.2) is 0 Å². The van der Waals surface area contributed by atoms with Crippen molar-refractivity contribution in [2.24, 2.45) is 0 Å². The Bertz CT molecular complexity index is 8790. The van der Waals surface area contributed by atoms with Crippen LogP contribution in [0.4, 0.5) is 8.78 Å². The highest BCUT2D eigenvalue weighted by Gasteiger charge is 2.37. The molecule has 0 aromatic heterocycles. The Kier molecular flexibility index (Phi) is 14.9. The first-order chi connectivity index (χ1) is 62.0. The Morgan fingerprint density at radius 2 is 0.429 bits per heavy atom. The van der Waals surface area contributed by atoms with Crippen molar-refractivity contribution >= 4 is 151 Å². The van der Waals surface area contributed by atoms with Crippen molar-refractivity contribution in [1.82, 2.24) is 0 Å². The molecule has 0 saturated carbocycles. The van der Waals surface area contributed by atoms with Gasteiger partial charge < -0.3 is 0 Å². The van der Waals surface area contributed by atoms with E-state index in [-0.39, 0.29) is 11.6 Å². The molecule has 0 bridgehead atoms. The van der Waals surface area contributed by atoms with Crippen LogP contribution in [0.15, 0.2) is 328 Å². The zero-order valence-corrected chi connectivity index (χ0v) is 70.8. The van der Waals surface area contributed by atoms with E-state index in [2.05, 4.69) is 321 Å². The molecule has 0 amide bonds. The predicted octanol–water partition coefficient (Wildman–Crippen LogP) is 34.6. The van der Waals surface area contributed by atoms with Crippen molar-refractivity contribution in [2.75, 3.05) is 0 Å². The van der Waals surface area contributed by atoms with Crippen LogP contribution in [0.3, 0.4) is 0 Å². The van der Waals surface area contributed by atoms with E-state index in [4.69, 9.17) is 0 Å². The van der Waals surface area contributed by atoms with Crippen LogP contribution in [0.2, 0.25) is 0 Å². The van der Waals surface area contributed by atoms with E-state index >= 15 is 8.78 Å². The fraction of sp³-hybridized carbons (Fsp3) is 0.0806. The smallest absolute Gasteiger partial charge is 0.123 e. The van der Waals surface area contributed by atoms with Gasteiger partial charge in [0.15, 0.2) is 0 Å². The van der Waals surface area contributed by atoms with Gasteiger partial charge in [0, 0.05) is 0 Å². The minimum Gasteiger partial charge on any atom is -0.207 e. The molecule has 25 aromatic rings. The molecule has 0 fully saturated rings. The summed E-state index contributed by atoms with van der Waals surface area (Å²) < 4.78 is 32.6. The summed E-state index contributed by atoms with van der Waals surface area (Å²) in [7, 11) is 0. The lowest BCUT2D eigenvalue weighted by Gasteiger charge is -2.23. The van der Waals surface area contributed by atoms with Crippen LogP contribution in [0, 0.1) is 46.4 Å². The molecular formula is C124H80F2. The maximum Gasteiger partial charge on any atom is 0.123 e. The Morgan fingerprint density at radius 1 is 0.183 bits per heavy atom. The summed E-state index contributed by atoms with van der Waals surface area (Å²) in [6, 6.07) is 123. The van der Waals surface area contributed by atoms with Crippen molar-refractivity contribution in [2.45, 2.75) is 67.2 Å². The Balaban J connectivity index is 0.838.